The first kappa shape index (κ1) is 19.7. The molecule has 3 rings (SSSR count). The van der Waals surface area contributed by atoms with Crippen molar-refractivity contribution < 1.29 is 26.4 Å². The molecule has 2 aromatic heterocycles. The molecular weight excluding hydrogens is 395 g/mol. The third-order valence-electron chi connectivity index (χ3n) is 3.84. The quantitative estimate of drug-likeness (QED) is 0.498. The number of hydrogen-bond acceptors (Lipinski definition) is 5. The van der Waals surface area contributed by atoms with Gasteiger partial charge in [0.25, 0.3) is 0 Å². The molecule has 2 heterocycles. The third-order valence-corrected chi connectivity index (χ3v) is 5.32. The predicted octanol–water partition coefficient (Wildman–Crippen LogP) is 3.43. The van der Waals surface area contributed by atoms with Gasteiger partial charge in [-0.05, 0) is 18.6 Å². The van der Waals surface area contributed by atoms with Crippen molar-refractivity contribution in [3.8, 4) is 0 Å². The molecule has 1 aromatic carbocycles. The lowest BCUT2D eigenvalue weighted by Crippen LogP contribution is -2.19. The standard InChI is InChI=1S/C18H14F3N3O3S/c1-2-6-28(26,27)24-12-8-11(19)16(20)15(17(12)21)18(25)13-7-10-4-3-5-22-14(10)9-23-13/h3-5,7-9,24H,2,6H2,1H3. The second-order valence-corrected chi connectivity index (χ2v) is 7.77. The highest BCUT2D eigenvalue weighted by atomic mass is 32.2. The fraction of sp³-hybridized carbons (Fsp3) is 0.167. The van der Waals surface area contributed by atoms with E-state index in [9.17, 15) is 26.4 Å². The summed E-state index contributed by atoms with van der Waals surface area (Å²) in [7, 11) is -3.99. The molecule has 1 N–H and O–H groups in total. The maximum Gasteiger partial charge on any atom is 0.232 e. The van der Waals surface area contributed by atoms with Gasteiger partial charge < -0.3 is 0 Å². The average Bonchev–Trinajstić information content (AvgIpc) is 2.65. The van der Waals surface area contributed by atoms with Gasteiger partial charge in [-0.1, -0.05) is 13.0 Å². The SMILES string of the molecule is CCCS(=O)(=O)Nc1cc(F)c(F)c(C(=O)c2cc3cccnc3cn2)c1F. The summed E-state index contributed by atoms with van der Waals surface area (Å²) in [4.78, 5) is 20.5. The zero-order chi connectivity index (χ0) is 20.5. The Morgan fingerprint density at radius 1 is 1.14 bits per heavy atom. The highest BCUT2D eigenvalue weighted by Crippen LogP contribution is 2.27. The van der Waals surface area contributed by atoms with E-state index in [1.165, 1.54) is 18.5 Å². The third kappa shape index (κ3) is 3.81. The van der Waals surface area contributed by atoms with Gasteiger partial charge in [-0.2, -0.15) is 0 Å². The van der Waals surface area contributed by atoms with Gasteiger partial charge in [0.2, 0.25) is 15.8 Å². The summed E-state index contributed by atoms with van der Waals surface area (Å²) in [6.07, 6.45) is 2.97. The van der Waals surface area contributed by atoms with Crippen molar-refractivity contribution in [2.75, 3.05) is 10.5 Å². The molecule has 0 unspecified atom stereocenters. The molecule has 0 radical (unpaired) electrons. The number of nitrogens with zero attached hydrogens (tertiary/aromatic N) is 2. The van der Waals surface area contributed by atoms with Crippen LogP contribution in [0.3, 0.4) is 0 Å². The monoisotopic (exact) mass is 409 g/mol. The van der Waals surface area contributed by atoms with Gasteiger partial charge in [0, 0.05) is 17.6 Å². The summed E-state index contributed by atoms with van der Waals surface area (Å²) in [5.74, 6) is -6.39. The van der Waals surface area contributed by atoms with E-state index in [0.29, 0.717) is 17.0 Å². The molecule has 0 fully saturated rings. The summed E-state index contributed by atoms with van der Waals surface area (Å²) >= 11 is 0. The minimum atomic E-state index is -3.99. The van der Waals surface area contributed by atoms with Crippen LogP contribution >= 0.6 is 0 Å². The van der Waals surface area contributed by atoms with Crippen molar-refractivity contribution >= 4 is 32.4 Å². The highest BCUT2D eigenvalue weighted by Gasteiger charge is 2.27. The van der Waals surface area contributed by atoms with Gasteiger partial charge in [0.1, 0.15) is 11.3 Å². The number of carbonyl (C=O) groups is 1. The average molecular weight is 409 g/mol. The van der Waals surface area contributed by atoms with Gasteiger partial charge in [-0.3, -0.25) is 19.5 Å². The summed E-state index contributed by atoms with van der Waals surface area (Å²) in [5.41, 5.74) is -1.97. The molecule has 28 heavy (non-hydrogen) atoms. The van der Waals surface area contributed by atoms with Crippen molar-refractivity contribution in [2.45, 2.75) is 13.3 Å². The van der Waals surface area contributed by atoms with Gasteiger partial charge >= 0.3 is 0 Å². The number of benzene rings is 1. The highest BCUT2D eigenvalue weighted by molar-refractivity contribution is 7.92. The minimum Gasteiger partial charge on any atom is -0.287 e. The molecule has 6 nitrogen and oxygen atoms in total. The number of ketones is 1. The molecule has 3 aromatic rings. The van der Waals surface area contributed by atoms with Crippen LogP contribution in [-0.4, -0.2) is 29.9 Å². The number of sulfonamides is 1. The molecule has 0 bridgehead atoms. The Hall–Kier alpha value is -3.01. The molecular formula is C18H14F3N3O3S. The molecule has 0 spiro atoms. The number of aromatic nitrogens is 2. The molecule has 0 amide bonds. The van der Waals surface area contributed by atoms with Crippen molar-refractivity contribution in [1.29, 1.82) is 0 Å². The fourth-order valence-corrected chi connectivity index (χ4v) is 3.72. The van der Waals surface area contributed by atoms with Crippen molar-refractivity contribution in [3.63, 3.8) is 0 Å². The smallest absolute Gasteiger partial charge is 0.232 e. The van der Waals surface area contributed by atoms with Crippen LogP contribution in [0.15, 0.2) is 36.7 Å². The molecule has 0 atom stereocenters. The normalized spacial score (nSPS) is 11.6. The first-order valence-corrected chi connectivity index (χ1v) is 9.82. The lowest BCUT2D eigenvalue weighted by atomic mass is 10.0. The minimum absolute atomic E-state index is 0.224. The number of nitrogens with one attached hydrogen (secondary N) is 1. The van der Waals surface area contributed by atoms with Crippen LogP contribution < -0.4 is 4.72 Å². The van der Waals surface area contributed by atoms with Crippen molar-refractivity contribution in [3.05, 3.63) is 65.4 Å². The zero-order valence-electron chi connectivity index (χ0n) is 14.5. The first-order valence-electron chi connectivity index (χ1n) is 8.17. The second-order valence-electron chi connectivity index (χ2n) is 5.92. The Kier molecular flexibility index (Phi) is 5.32. The summed E-state index contributed by atoms with van der Waals surface area (Å²) in [6, 6.07) is 4.83. The summed E-state index contributed by atoms with van der Waals surface area (Å²) in [5, 5.41) is 0.488. The molecule has 0 saturated carbocycles. The number of carbonyl (C=O) groups excluding carboxylic acids is 1. The van der Waals surface area contributed by atoms with Gasteiger partial charge in [-0.15, -0.1) is 0 Å². The van der Waals surface area contributed by atoms with E-state index in [-0.39, 0.29) is 17.9 Å². The van der Waals surface area contributed by atoms with Crippen LogP contribution in [0.25, 0.3) is 10.9 Å². The van der Waals surface area contributed by atoms with Crippen molar-refractivity contribution in [1.82, 2.24) is 9.97 Å². The largest absolute Gasteiger partial charge is 0.287 e. The van der Waals surface area contributed by atoms with Crippen LogP contribution in [0.4, 0.5) is 18.9 Å². The number of anilines is 1. The predicted molar refractivity (Wildman–Crippen MR) is 97.0 cm³/mol. The van der Waals surface area contributed by atoms with Crippen molar-refractivity contribution in [2.24, 2.45) is 0 Å². The maximum absolute atomic E-state index is 14.7. The second kappa shape index (κ2) is 7.55. The van der Waals surface area contributed by atoms with E-state index in [1.807, 2.05) is 4.72 Å². The number of rotatable bonds is 6. The van der Waals surface area contributed by atoms with E-state index in [2.05, 4.69) is 9.97 Å². The number of halogens is 3. The first-order chi connectivity index (χ1) is 13.2. The Morgan fingerprint density at radius 3 is 2.61 bits per heavy atom. The van der Waals surface area contributed by atoms with Gasteiger partial charge in [-0.25, -0.2) is 21.6 Å². The molecule has 146 valence electrons. The van der Waals surface area contributed by atoms with E-state index in [4.69, 9.17) is 0 Å². The molecule has 0 aliphatic carbocycles. The Bertz CT molecular complexity index is 1180. The van der Waals surface area contributed by atoms with Crippen LogP contribution in [0, 0.1) is 17.5 Å². The number of pyridine rings is 2. The zero-order valence-corrected chi connectivity index (χ0v) is 15.4. The summed E-state index contributed by atoms with van der Waals surface area (Å²) in [6.45, 7) is 1.58. The fourth-order valence-electron chi connectivity index (χ4n) is 2.59. The van der Waals surface area contributed by atoms with E-state index in [0.717, 1.165) is 0 Å². The Morgan fingerprint density at radius 2 is 1.89 bits per heavy atom. The van der Waals surface area contributed by atoms with Crippen LogP contribution in [0.5, 0.6) is 0 Å². The van der Waals surface area contributed by atoms with Gasteiger partial charge in [0.05, 0.1) is 23.2 Å². The lowest BCUT2D eigenvalue weighted by molar-refractivity contribution is 0.102. The van der Waals surface area contributed by atoms with E-state index < -0.39 is 44.5 Å². The topological polar surface area (TPSA) is 89.0 Å². The molecule has 10 heteroatoms. The molecule has 0 aliphatic heterocycles. The maximum atomic E-state index is 14.7. The number of fused-ring (bicyclic) bond motifs is 1. The van der Waals surface area contributed by atoms with Gasteiger partial charge in [0.15, 0.2) is 17.5 Å². The van der Waals surface area contributed by atoms with E-state index >= 15 is 0 Å². The molecule has 0 saturated heterocycles. The van der Waals surface area contributed by atoms with Crippen LogP contribution in [0.2, 0.25) is 0 Å². The van der Waals surface area contributed by atoms with E-state index in [1.54, 1.807) is 19.1 Å². The van der Waals surface area contributed by atoms with Crippen LogP contribution in [0.1, 0.15) is 29.4 Å². The van der Waals surface area contributed by atoms with Crippen LogP contribution in [-0.2, 0) is 10.0 Å². The Labute approximate surface area is 158 Å². The summed E-state index contributed by atoms with van der Waals surface area (Å²) < 4.78 is 68.4. The Balaban J connectivity index is 2.10. The number of hydrogen-bond donors (Lipinski definition) is 1. The lowest BCUT2D eigenvalue weighted by Gasteiger charge is -2.12. The molecule has 0 aliphatic rings.